The fraction of sp³-hybridized carbons (Fsp3) is 0. The second kappa shape index (κ2) is 15.9. The Morgan fingerprint density at radius 1 is 0.250 bits per heavy atom. The summed E-state index contributed by atoms with van der Waals surface area (Å²) in [6.45, 7) is -0.107. The number of fused-ring (bicyclic) bond motifs is 17. The second-order valence-corrected chi connectivity index (χ2v) is 23.0. The molecule has 0 atom stereocenters. The molecule has 80 heavy (non-hydrogen) atoms. The average Bonchev–Trinajstić information content (AvgIpc) is 3.89. The van der Waals surface area contributed by atoms with Crippen molar-refractivity contribution in [2.75, 3.05) is 9.80 Å². The number of rotatable bonds is 4. The van der Waals surface area contributed by atoms with Crippen LogP contribution in [0.4, 0.5) is 34.1 Å². The number of hydrogen-bond donors (Lipinski definition) is 0. The lowest BCUT2D eigenvalue weighted by Crippen LogP contribution is -2.64. The normalized spacial score (nSPS) is 13.6. The first kappa shape index (κ1) is 43.1. The van der Waals surface area contributed by atoms with Gasteiger partial charge in [-0.2, -0.15) is 0 Å². The molecule has 0 bridgehead atoms. The summed E-state index contributed by atoms with van der Waals surface area (Å²) in [4.78, 5) is 7.78. The molecule has 0 spiro atoms. The molecule has 7 heterocycles. The van der Waals surface area contributed by atoms with Crippen molar-refractivity contribution in [3.05, 3.63) is 261 Å². The maximum Gasteiger partial charge on any atom is 0.252 e. The zero-order valence-corrected chi connectivity index (χ0v) is 43.9. The molecule has 0 amide bonds. The third kappa shape index (κ3) is 5.60. The molecule has 0 N–H and O–H groups in total. The van der Waals surface area contributed by atoms with Crippen molar-refractivity contribution in [1.82, 2.24) is 13.7 Å². The summed E-state index contributed by atoms with van der Waals surface area (Å²) in [5.74, 6) is 0. The van der Waals surface area contributed by atoms with Crippen LogP contribution in [0.25, 0.3) is 82.5 Å². The predicted octanol–water partition coefficient (Wildman–Crippen LogP) is 14.4. The van der Waals surface area contributed by atoms with E-state index in [-0.39, 0.29) is 13.4 Å². The molecule has 5 nitrogen and oxygen atoms in total. The van der Waals surface area contributed by atoms with Crippen LogP contribution in [0, 0.1) is 0 Å². The molecule has 0 saturated heterocycles. The van der Waals surface area contributed by atoms with Crippen LogP contribution >= 0.6 is 11.8 Å². The zero-order valence-electron chi connectivity index (χ0n) is 43.1. The van der Waals surface area contributed by atoms with Crippen molar-refractivity contribution >= 4 is 158 Å². The van der Waals surface area contributed by atoms with E-state index in [9.17, 15) is 0 Å². The van der Waals surface area contributed by atoms with Crippen LogP contribution < -0.4 is 42.6 Å². The highest BCUT2D eigenvalue weighted by atomic mass is 32.2. The van der Waals surface area contributed by atoms with Gasteiger partial charge in [0.2, 0.25) is 6.71 Å². The summed E-state index contributed by atoms with van der Waals surface area (Å²) in [5, 5.41) is 7.56. The minimum atomic E-state index is -0.0788. The number of nitrogens with zero attached hydrogens (tertiary/aromatic N) is 5. The van der Waals surface area contributed by atoms with Crippen LogP contribution in [0.3, 0.4) is 0 Å². The van der Waals surface area contributed by atoms with Gasteiger partial charge in [0.1, 0.15) is 0 Å². The van der Waals surface area contributed by atoms with Crippen molar-refractivity contribution in [2.45, 2.75) is 9.79 Å². The van der Waals surface area contributed by atoms with Crippen molar-refractivity contribution in [2.24, 2.45) is 0 Å². The molecule has 0 unspecified atom stereocenters. The van der Waals surface area contributed by atoms with E-state index in [1.807, 2.05) is 11.8 Å². The number of hydrogen-bond acceptors (Lipinski definition) is 3. The van der Waals surface area contributed by atoms with Crippen LogP contribution in [-0.2, 0) is 0 Å². The average molecular weight is 1030 g/mol. The first-order valence-electron chi connectivity index (χ1n) is 27.7. The lowest BCUT2D eigenvalue weighted by Gasteiger charge is -2.44. The van der Waals surface area contributed by atoms with E-state index in [0.29, 0.717) is 0 Å². The van der Waals surface area contributed by atoms with E-state index in [1.54, 1.807) is 0 Å². The predicted molar refractivity (Wildman–Crippen MR) is 339 cm³/mol. The monoisotopic (exact) mass is 1030 g/mol. The summed E-state index contributed by atoms with van der Waals surface area (Å²) >= 11 is 1.92. The zero-order chi connectivity index (χ0) is 51.9. The molecule has 0 saturated carbocycles. The van der Waals surface area contributed by atoms with Gasteiger partial charge in [-0.15, -0.1) is 0 Å². The van der Waals surface area contributed by atoms with Crippen molar-refractivity contribution in [3.63, 3.8) is 0 Å². The molecule has 0 radical (unpaired) electrons. The van der Waals surface area contributed by atoms with Gasteiger partial charge in [-0.3, -0.25) is 0 Å². The smallest absolute Gasteiger partial charge is 0.252 e. The summed E-state index contributed by atoms with van der Waals surface area (Å²) < 4.78 is 7.60. The Kier molecular flexibility index (Phi) is 8.56. The van der Waals surface area contributed by atoms with Crippen LogP contribution in [0.2, 0.25) is 0 Å². The minimum absolute atomic E-state index is 0.0283. The highest BCUT2D eigenvalue weighted by Crippen LogP contribution is 2.49. The number of anilines is 6. The maximum atomic E-state index is 2.65. The summed E-state index contributed by atoms with van der Waals surface area (Å²) in [7, 11) is 0. The van der Waals surface area contributed by atoms with E-state index in [4.69, 9.17) is 0 Å². The second-order valence-electron chi connectivity index (χ2n) is 21.9. The molecule has 4 aliphatic rings. The molecule has 368 valence electrons. The van der Waals surface area contributed by atoms with E-state index in [1.165, 1.54) is 136 Å². The Bertz CT molecular complexity index is 5110. The molecule has 0 aliphatic carbocycles. The van der Waals surface area contributed by atoms with Gasteiger partial charge in [0.15, 0.2) is 0 Å². The van der Waals surface area contributed by atoms with Gasteiger partial charge in [0.05, 0.1) is 33.3 Å². The van der Waals surface area contributed by atoms with E-state index in [0.717, 1.165) is 22.7 Å². The fourth-order valence-electron chi connectivity index (χ4n) is 14.9. The summed E-state index contributed by atoms with van der Waals surface area (Å²) in [6, 6.07) is 98.3. The van der Waals surface area contributed by atoms with Gasteiger partial charge >= 0.3 is 0 Å². The molecule has 19 rings (SSSR count). The van der Waals surface area contributed by atoms with Crippen LogP contribution in [0.15, 0.2) is 271 Å². The van der Waals surface area contributed by atoms with Crippen LogP contribution in [-0.4, -0.2) is 27.1 Å². The fourth-order valence-corrected chi connectivity index (χ4v) is 16.1. The molecule has 15 aromatic rings. The van der Waals surface area contributed by atoms with E-state index < -0.39 is 0 Å². The molecule has 4 aliphatic heterocycles. The topological polar surface area (TPSA) is 21.3 Å². The Morgan fingerprint density at radius 2 is 0.662 bits per heavy atom. The van der Waals surface area contributed by atoms with Gasteiger partial charge < -0.3 is 23.5 Å². The Hall–Kier alpha value is -9.88. The third-order valence-electron chi connectivity index (χ3n) is 18.0. The SMILES string of the molecule is c1ccc(N2c3cc4c(cc3B3c5ccccc5Sc5cc(-n6c7ccccc7c7ccccc76)cc2c53)B2c3c(cc(-n5c6ccccc6c6ccccc65)cc3-n3c5ccccc5c5cccc2c53)N4c2ccccc2)cc1. The molecule has 12 aromatic carbocycles. The van der Waals surface area contributed by atoms with E-state index in [2.05, 4.69) is 284 Å². The van der Waals surface area contributed by atoms with Crippen molar-refractivity contribution < 1.29 is 0 Å². The first-order chi connectivity index (χ1) is 39.7. The third-order valence-corrected chi connectivity index (χ3v) is 19.1. The lowest BCUT2D eigenvalue weighted by atomic mass is 9.31. The van der Waals surface area contributed by atoms with Gasteiger partial charge in [0.25, 0.3) is 6.71 Å². The standard InChI is InChI=1S/C72H43B2N5S/c1-3-20-44(21-4-1)75-64-43-63-56(73-54-30-12-18-37-68(54)80-69-41-47(40-67(71(69)73)76(63)45-22-5-2-6-23-45)78-60-34-15-9-26-50(60)51-27-10-16-35-61(51)78)42-57(64)74-55-31-19-29-53-52-28-11-17-36-62(52)79(72(53)55)66-39-46(38-65(75)70(66)74)77-58-32-13-7-24-48(58)49-25-8-14-33-59(49)77/h1-43H. The van der Waals surface area contributed by atoms with Crippen molar-refractivity contribution in [1.29, 1.82) is 0 Å². The number of benzene rings is 12. The first-order valence-corrected chi connectivity index (χ1v) is 28.6. The lowest BCUT2D eigenvalue weighted by molar-refractivity contribution is 1.13. The molecule has 3 aromatic heterocycles. The Morgan fingerprint density at radius 3 is 1.23 bits per heavy atom. The molecule has 0 fully saturated rings. The van der Waals surface area contributed by atoms with Crippen molar-refractivity contribution in [3.8, 4) is 17.1 Å². The van der Waals surface area contributed by atoms with Gasteiger partial charge in [-0.1, -0.05) is 187 Å². The molecule has 8 heteroatoms. The number of aromatic nitrogens is 3. The van der Waals surface area contributed by atoms with Gasteiger partial charge in [0, 0.05) is 93.1 Å². The van der Waals surface area contributed by atoms with E-state index >= 15 is 0 Å². The Balaban J connectivity index is 0.953. The largest absolute Gasteiger partial charge is 0.311 e. The quantitative estimate of drug-likeness (QED) is 0.164. The minimum Gasteiger partial charge on any atom is -0.311 e. The van der Waals surface area contributed by atoms with Gasteiger partial charge in [-0.05, 0) is 118 Å². The van der Waals surface area contributed by atoms with Crippen LogP contribution in [0.5, 0.6) is 0 Å². The molecular formula is C72H43B2N5S. The molecular weight excluding hydrogens is 989 g/mol. The highest BCUT2D eigenvalue weighted by molar-refractivity contribution is 8.00. The van der Waals surface area contributed by atoms with Gasteiger partial charge in [-0.25, -0.2) is 0 Å². The number of para-hydroxylation sites is 8. The summed E-state index contributed by atoms with van der Waals surface area (Å²) in [6.07, 6.45) is 0. The summed E-state index contributed by atoms with van der Waals surface area (Å²) in [5.41, 5.74) is 25.8. The highest BCUT2D eigenvalue weighted by Gasteiger charge is 2.47. The van der Waals surface area contributed by atoms with Crippen LogP contribution in [0.1, 0.15) is 0 Å². The Labute approximate surface area is 466 Å². The maximum absolute atomic E-state index is 2.65.